The Morgan fingerprint density at radius 2 is 1.76 bits per heavy atom. The summed E-state index contributed by atoms with van der Waals surface area (Å²) in [5, 5.41) is 18.4. The highest BCUT2D eigenvalue weighted by Crippen LogP contribution is 2.19. The van der Waals surface area contributed by atoms with Crippen molar-refractivity contribution in [3.63, 3.8) is 0 Å². The van der Waals surface area contributed by atoms with Crippen LogP contribution in [-0.4, -0.2) is 29.1 Å². The minimum Gasteiger partial charge on any atom is -0.492 e. The van der Waals surface area contributed by atoms with Crippen LogP contribution < -0.4 is 4.28 Å². The van der Waals surface area contributed by atoms with Gasteiger partial charge in [-0.3, -0.25) is 4.28 Å². The van der Waals surface area contributed by atoms with Crippen LogP contribution in [-0.2, 0) is 10.1 Å². The molecule has 0 saturated heterocycles. The van der Waals surface area contributed by atoms with Gasteiger partial charge in [0.25, 0.3) is 0 Å². The van der Waals surface area contributed by atoms with Gasteiger partial charge in [-0.25, -0.2) is 0 Å². The summed E-state index contributed by atoms with van der Waals surface area (Å²) in [6, 6.07) is 2.28. The summed E-state index contributed by atoms with van der Waals surface area (Å²) in [5.41, 5.74) is 0. The van der Waals surface area contributed by atoms with E-state index in [0.29, 0.717) is 11.2 Å². The number of hydrogen-bond acceptors (Lipinski definition) is 5. The quantitative estimate of drug-likeness (QED) is 0.722. The van der Waals surface area contributed by atoms with Crippen molar-refractivity contribution in [3.05, 3.63) is 12.1 Å². The molecule has 6 nitrogen and oxygen atoms in total. The Hall–Kier alpha value is -1.37. The highest BCUT2D eigenvalue weighted by atomic mass is 32.2. The number of rotatable bonds is 7. The summed E-state index contributed by atoms with van der Waals surface area (Å²) in [6.07, 6.45) is 3.29. The Balaban J connectivity index is 2.55. The zero-order chi connectivity index (χ0) is 12.9. The Kier molecular flexibility index (Phi) is 4.68. The van der Waals surface area contributed by atoms with E-state index in [1.165, 1.54) is 0 Å². The Bertz CT molecular complexity index is 432. The van der Waals surface area contributed by atoms with Crippen LogP contribution in [0.1, 0.15) is 32.6 Å². The number of unbranched alkanes of at least 4 members (excludes halogenated alkanes) is 3. The summed E-state index contributed by atoms with van der Waals surface area (Å²) in [4.78, 5) is 0. The van der Waals surface area contributed by atoms with E-state index >= 15 is 0 Å². The molecule has 0 fully saturated rings. The maximum atomic E-state index is 11.5. The lowest BCUT2D eigenvalue weighted by molar-refractivity contribution is 0.203. The standard InChI is InChI=1S/C10H17NO5S/c1-2-3-4-5-8-17(14,15)16-11-9(12)6-7-10(11)13/h6-7,12-13H,2-5,8H2,1H3. The van der Waals surface area contributed by atoms with E-state index in [1.807, 2.05) is 6.92 Å². The molecule has 0 aliphatic carbocycles. The van der Waals surface area contributed by atoms with Gasteiger partial charge in [0.05, 0.1) is 5.75 Å². The summed E-state index contributed by atoms with van der Waals surface area (Å²) < 4.78 is 28.1. The van der Waals surface area contributed by atoms with Crippen molar-refractivity contribution >= 4 is 10.1 Å². The Labute approximate surface area is 101 Å². The lowest BCUT2D eigenvalue weighted by atomic mass is 10.2. The molecule has 1 aromatic heterocycles. The largest absolute Gasteiger partial charge is 0.492 e. The molecule has 0 saturated carbocycles. The number of aromatic nitrogens is 1. The minimum absolute atomic E-state index is 0.135. The third-order valence-electron chi connectivity index (χ3n) is 2.23. The predicted molar refractivity (Wildman–Crippen MR) is 62.3 cm³/mol. The predicted octanol–water partition coefficient (Wildman–Crippen LogP) is 1.24. The Morgan fingerprint density at radius 3 is 2.29 bits per heavy atom. The molecule has 0 amide bonds. The fourth-order valence-electron chi connectivity index (χ4n) is 1.33. The van der Waals surface area contributed by atoms with Gasteiger partial charge in [-0.05, 0) is 6.42 Å². The molecule has 17 heavy (non-hydrogen) atoms. The molecule has 0 bridgehead atoms. The maximum Gasteiger partial charge on any atom is 0.327 e. The molecule has 0 aromatic carbocycles. The van der Waals surface area contributed by atoms with Gasteiger partial charge in [0.1, 0.15) is 0 Å². The average Bonchev–Trinajstić information content (AvgIpc) is 2.56. The summed E-state index contributed by atoms with van der Waals surface area (Å²) >= 11 is 0. The maximum absolute atomic E-state index is 11.5. The van der Waals surface area contributed by atoms with Crippen molar-refractivity contribution in [1.29, 1.82) is 0 Å². The van der Waals surface area contributed by atoms with Gasteiger partial charge in [0.15, 0.2) is 0 Å². The molecule has 1 heterocycles. The second-order valence-corrected chi connectivity index (χ2v) is 5.41. The first kappa shape index (κ1) is 13.7. The van der Waals surface area contributed by atoms with Crippen LogP contribution in [0.5, 0.6) is 11.8 Å². The van der Waals surface area contributed by atoms with Gasteiger partial charge < -0.3 is 10.2 Å². The fraction of sp³-hybridized carbons (Fsp3) is 0.600. The highest BCUT2D eigenvalue weighted by Gasteiger charge is 2.17. The zero-order valence-electron chi connectivity index (χ0n) is 9.66. The van der Waals surface area contributed by atoms with Gasteiger partial charge >= 0.3 is 10.1 Å². The van der Waals surface area contributed by atoms with Gasteiger partial charge in [-0.1, -0.05) is 30.9 Å². The van der Waals surface area contributed by atoms with Gasteiger partial charge in [0, 0.05) is 12.1 Å². The van der Waals surface area contributed by atoms with Crippen LogP contribution in [0.4, 0.5) is 0 Å². The fourth-order valence-corrected chi connectivity index (χ4v) is 2.35. The molecule has 0 aliphatic heterocycles. The first-order valence-corrected chi connectivity index (χ1v) is 7.06. The van der Waals surface area contributed by atoms with E-state index in [1.54, 1.807) is 0 Å². The van der Waals surface area contributed by atoms with Crippen LogP contribution in [0.2, 0.25) is 0 Å². The van der Waals surface area contributed by atoms with E-state index in [9.17, 15) is 18.6 Å². The second kappa shape index (κ2) is 5.81. The Morgan fingerprint density at radius 1 is 1.18 bits per heavy atom. The van der Waals surface area contributed by atoms with Gasteiger partial charge in [-0.15, -0.1) is 0 Å². The summed E-state index contributed by atoms with van der Waals surface area (Å²) in [5.74, 6) is -1.05. The molecule has 0 atom stereocenters. The van der Waals surface area contributed by atoms with Gasteiger partial charge in [-0.2, -0.15) is 8.42 Å². The average molecular weight is 263 g/mol. The van der Waals surface area contributed by atoms with Crippen LogP contribution in [0, 0.1) is 0 Å². The first-order valence-electron chi connectivity index (χ1n) is 5.48. The topological polar surface area (TPSA) is 88.8 Å². The normalized spacial score (nSPS) is 11.6. The van der Waals surface area contributed by atoms with E-state index in [2.05, 4.69) is 4.28 Å². The highest BCUT2D eigenvalue weighted by molar-refractivity contribution is 7.86. The second-order valence-electron chi connectivity index (χ2n) is 3.74. The molecule has 1 rings (SSSR count). The zero-order valence-corrected chi connectivity index (χ0v) is 10.5. The van der Waals surface area contributed by atoms with Crippen LogP contribution in [0.3, 0.4) is 0 Å². The molecule has 1 aromatic rings. The van der Waals surface area contributed by atoms with E-state index in [-0.39, 0.29) is 5.75 Å². The van der Waals surface area contributed by atoms with Crippen LogP contribution in [0.15, 0.2) is 12.1 Å². The van der Waals surface area contributed by atoms with Crippen molar-refractivity contribution in [3.8, 4) is 11.8 Å². The molecule has 0 unspecified atom stereocenters. The summed E-state index contributed by atoms with van der Waals surface area (Å²) in [7, 11) is -3.79. The van der Waals surface area contributed by atoms with Gasteiger partial charge in [0.2, 0.25) is 11.8 Å². The van der Waals surface area contributed by atoms with E-state index in [0.717, 1.165) is 31.4 Å². The van der Waals surface area contributed by atoms with E-state index < -0.39 is 21.9 Å². The van der Waals surface area contributed by atoms with Crippen LogP contribution in [0.25, 0.3) is 0 Å². The number of nitrogens with zero attached hydrogens (tertiary/aromatic N) is 1. The van der Waals surface area contributed by atoms with Crippen molar-refractivity contribution in [2.24, 2.45) is 0 Å². The van der Waals surface area contributed by atoms with Crippen molar-refractivity contribution in [1.82, 2.24) is 4.73 Å². The third kappa shape index (κ3) is 4.18. The molecule has 0 spiro atoms. The molecule has 2 N–H and O–H groups in total. The molecular formula is C10H17NO5S. The first-order chi connectivity index (χ1) is 7.96. The minimum atomic E-state index is -3.79. The van der Waals surface area contributed by atoms with Crippen molar-refractivity contribution in [2.75, 3.05) is 5.75 Å². The number of hydrogen-bond donors (Lipinski definition) is 2. The SMILES string of the molecule is CCCCCCS(=O)(=O)On1c(O)ccc1O. The molecule has 0 aliphatic rings. The smallest absolute Gasteiger partial charge is 0.327 e. The lowest BCUT2D eigenvalue weighted by Gasteiger charge is -2.08. The summed E-state index contributed by atoms with van der Waals surface area (Å²) in [6.45, 7) is 2.03. The molecule has 0 radical (unpaired) electrons. The number of aromatic hydroxyl groups is 2. The monoisotopic (exact) mass is 263 g/mol. The lowest BCUT2D eigenvalue weighted by Crippen LogP contribution is -2.22. The molecular weight excluding hydrogens is 246 g/mol. The third-order valence-corrected chi connectivity index (χ3v) is 3.40. The van der Waals surface area contributed by atoms with Crippen LogP contribution >= 0.6 is 0 Å². The molecule has 7 heteroatoms. The molecule has 98 valence electrons. The van der Waals surface area contributed by atoms with Crippen molar-refractivity contribution < 1.29 is 22.9 Å². The van der Waals surface area contributed by atoms with Crippen molar-refractivity contribution in [2.45, 2.75) is 32.6 Å². The van der Waals surface area contributed by atoms with E-state index in [4.69, 9.17) is 0 Å².